The van der Waals surface area contributed by atoms with E-state index in [1.165, 1.54) is 16.7 Å². The Balaban J connectivity index is 1.25. The largest absolute Gasteiger partial charge is 0.454 e. The summed E-state index contributed by atoms with van der Waals surface area (Å²) in [5.41, 5.74) is 4.41. The molecule has 0 spiro atoms. The first-order valence-corrected chi connectivity index (χ1v) is 10.5. The van der Waals surface area contributed by atoms with E-state index in [-0.39, 0.29) is 24.5 Å². The number of ether oxygens (including phenoxy) is 2. The number of carbonyl (C=O) groups excluding carboxylic acids is 2. The van der Waals surface area contributed by atoms with Gasteiger partial charge in [-0.25, -0.2) is 0 Å². The molecule has 0 aliphatic carbocycles. The van der Waals surface area contributed by atoms with Crippen LogP contribution in [-0.2, 0) is 16.0 Å². The van der Waals surface area contributed by atoms with E-state index in [9.17, 15) is 9.59 Å². The van der Waals surface area contributed by atoms with Crippen LogP contribution in [0.15, 0.2) is 36.4 Å². The van der Waals surface area contributed by atoms with E-state index < -0.39 is 0 Å². The molecule has 2 amide bonds. The second-order valence-corrected chi connectivity index (χ2v) is 8.14. The fourth-order valence-electron chi connectivity index (χ4n) is 4.14. The smallest absolute Gasteiger partial charge is 0.231 e. The zero-order valence-electron chi connectivity index (χ0n) is 17.6. The topological polar surface area (TPSA) is 67.9 Å². The van der Waals surface area contributed by atoms with Crippen LogP contribution in [0.2, 0.25) is 0 Å². The van der Waals surface area contributed by atoms with Crippen molar-refractivity contribution >= 4 is 17.5 Å². The molecule has 2 aliphatic rings. The van der Waals surface area contributed by atoms with Crippen molar-refractivity contribution in [3.8, 4) is 11.5 Å². The van der Waals surface area contributed by atoms with Gasteiger partial charge in [-0.3, -0.25) is 9.59 Å². The van der Waals surface area contributed by atoms with Crippen LogP contribution in [0, 0.1) is 19.8 Å². The first-order chi connectivity index (χ1) is 14.5. The number of nitrogens with zero attached hydrogens (tertiary/aromatic N) is 1. The number of piperidine rings is 1. The monoisotopic (exact) mass is 408 g/mol. The molecule has 6 heteroatoms. The summed E-state index contributed by atoms with van der Waals surface area (Å²) >= 11 is 0. The summed E-state index contributed by atoms with van der Waals surface area (Å²) in [6.07, 6.45) is 2.64. The SMILES string of the molecule is Cc1ccc(CCC(=O)N2CCC(C(=O)Nc3ccc4c(c3)OCO4)CC2)c(C)c1. The van der Waals surface area contributed by atoms with E-state index in [1.54, 1.807) is 12.1 Å². The lowest BCUT2D eigenvalue weighted by atomic mass is 9.95. The number of likely N-dealkylation sites (tertiary alicyclic amines) is 1. The van der Waals surface area contributed by atoms with Gasteiger partial charge in [-0.05, 0) is 56.4 Å². The summed E-state index contributed by atoms with van der Waals surface area (Å²) in [5.74, 6) is 1.43. The van der Waals surface area contributed by atoms with Gasteiger partial charge >= 0.3 is 0 Å². The molecule has 6 nitrogen and oxygen atoms in total. The molecule has 0 aromatic heterocycles. The van der Waals surface area contributed by atoms with Crippen LogP contribution in [0.25, 0.3) is 0 Å². The molecule has 2 heterocycles. The fourth-order valence-corrected chi connectivity index (χ4v) is 4.14. The van der Waals surface area contributed by atoms with Gasteiger partial charge in [0.05, 0.1) is 0 Å². The maximum absolute atomic E-state index is 12.6. The number of aryl methyl sites for hydroxylation is 3. The van der Waals surface area contributed by atoms with Crippen molar-refractivity contribution in [2.75, 3.05) is 25.2 Å². The Morgan fingerprint density at radius 2 is 1.80 bits per heavy atom. The fraction of sp³-hybridized carbons (Fsp3) is 0.417. The van der Waals surface area contributed by atoms with Crippen LogP contribution in [0.3, 0.4) is 0 Å². The lowest BCUT2D eigenvalue weighted by molar-refractivity contribution is -0.134. The minimum Gasteiger partial charge on any atom is -0.454 e. The number of amides is 2. The average molecular weight is 408 g/mol. The Bertz CT molecular complexity index is 948. The Hall–Kier alpha value is -3.02. The minimum atomic E-state index is -0.0844. The van der Waals surface area contributed by atoms with Crippen molar-refractivity contribution in [3.63, 3.8) is 0 Å². The van der Waals surface area contributed by atoms with Gasteiger partial charge in [-0.1, -0.05) is 23.8 Å². The van der Waals surface area contributed by atoms with E-state index in [2.05, 4.69) is 37.4 Å². The molecular weight excluding hydrogens is 380 g/mol. The second-order valence-electron chi connectivity index (χ2n) is 8.14. The number of rotatable bonds is 5. The van der Waals surface area contributed by atoms with Gasteiger partial charge in [-0.2, -0.15) is 0 Å². The van der Waals surface area contributed by atoms with Crippen LogP contribution in [0.1, 0.15) is 36.0 Å². The van der Waals surface area contributed by atoms with Crippen LogP contribution < -0.4 is 14.8 Å². The first kappa shape index (κ1) is 20.3. The number of anilines is 1. The molecule has 2 aromatic rings. The van der Waals surface area contributed by atoms with Gasteiger partial charge in [0.2, 0.25) is 18.6 Å². The molecule has 0 saturated carbocycles. The number of fused-ring (bicyclic) bond motifs is 1. The zero-order chi connectivity index (χ0) is 21.1. The summed E-state index contributed by atoms with van der Waals surface area (Å²) < 4.78 is 10.7. The van der Waals surface area contributed by atoms with Crippen molar-refractivity contribution in [1.82, 2.24) is 4.90 Å². The van der Waals surface area contributed by atoms with Crippen molar-refractivity contribution in [2.24, 2.45) is 5.92 Å². The maximum atomic E-state index is 12.6. The van der Waals surface area contributed by atoms with Crippen molar-refractivity contribution in [1.29, 1.82) is 0 Å². The Morgan fingerprint density at radius 3 is 2.57 bits per heavy atom. The van der Waals surface area contributed by atoms with Crippen molar-refractivity contribution in [2.45, 2.75) is 39.5 Å². The highest BCUT2D eigenvalue weighted by Gasteiger charge is 2.27. The predicted molar refractivity (Wildman–Crippen MR) is 115 cm³/mol. The molecule has 2 aromatic carbocycles. The molecule has 1 fully saturated rings. The Kier molecular flexibility index (Phi) is 5.93. The molecule has 4 rings (SSSR count). The molecule has 158 valence electrons. The van der Waals surface area contributed by atoms with Gasteiger partial charge in [0, 0.05) is 37.2 Å². The number of hydrogen-bond donors (Lipinski definition) is 1. The summed E-state index contributed by atoms with van der Waals surface area (Å²) in [6, 6.07) is 11.8. The molecular formula is C24H28N2O4. The van der Waals surface area contributed by atoms with Gasteiger partial charge in [0.15, 0.2) is 11.5 Å². The van der Waals surface area contributed by atoms with Gasteiger partial charge in [0.1, 0.15) is 0 Å². The second kappa shape index (κ2) is 8.78. The third kappa shape index (κ3) is 4.58. The molecule has 0 bridgehead atoms. The number of hydrogen-bond acceptors (Lipinski definition) is 4. The minimum absolute atomic E-state index is 0.00348. The molecule has 30 heavy (non-hydrogen) atoms. The van der Waals surface area contributed by atoms with Crippen molar-refractivity contribution in [3.05, 3.63) is 53.1 Å². The third-order valence-corrected chi connectivity index (χ3v) is 5.96. The number of carbonyl (C=O) groups is 2. The highest BCUT2D eigenvalue weighted by Crippen LogP contribution is 2.34. The molecule has 2 aliphatic heterocycles. The van der Waals surface area contributed by atoms with E-state index in [0.29, 0.717) is 49.5 Å². The van der Waals surface area contributed by atoms with E-state index >= 15 is 0 Å². The Morgan fingerprint density at radius 1 is 1.03 bits per heavy atom. The van der Waals surface area contributed by atoms with Crippen LogP contribution in [-0.4, -0.2) is 36.6 Å². The number of nitrogens with one attached hydrogen (secondary N) is 1. The summed E-state index contributed by atoms with van der Waals surface area (Å²) in [5, 5.41) is 2.96. The van der Waals surface area contributed by atoms with E-state index in [1.807, 2.05) is 11.0 Å². The summed E-state index contributed by atoms with van der Waals surface area (Å²) in [6.45, 7) is 5.64. The molecule has 1 saturated heterocycles. The molecule has 0 atom stereocenters. The highest BCUT2D eigenvalue weighted by atomic mass is 16.7. The maximum Gasteiger partial charge on any atom is 0.231 e. The van der Waals surface area contributed by atoms with Crippen molar-refractivity contribution < 1.29 is 19.1 Å². The van der Waals surface area contributed by atoms with Gasteiger partial charge in [-0.15, -0.1) is 0 Å². The van der Waals surface area contributed by atoms with Crippen LogP contribution >= 0.6 is 0 Å². The van der Waals surface area contributed by atoms with Crippen LogP contribution in [0.4, 0.5) is 5.69 Å². The summed E-state index contributed by atoms with van der Waals surface area (Å²) in [7, 11) is 0. The third-order valence-electron chi connectivity index (χ3n) is 5.96. The first-order valence-electron chi connectivity index (χ1n) is 10.5. The molecule has 1 N–H and O–H groups in total. The lowest BCUT2D eigenvalue weighted by Crippen LogP contribution is -2.41. The molecule has 0 radical (unpaired) electrons. The standard InChI is InChI=1S/C24H28N2O4/c1-16-3-4-18(17(2)13-16)5-8-23(27)26-11-9-19(10-12-26)24(28)25-20-6-7-21-22(14-20)30-15-29-21/h3-4,6-7,13-14,19H,5,8-12,15H2,1-2H3,(H,25,28). The zero-order valence-corrected chi connectivity index (χ0v) is 17.6. The summed E-state index contributed by atoms with van der Waals surface area (Å²) in [4.78, 5) is 27.2. The highest BCUT2D eigenvalue weighted by molar-refractivity contribution is 5.93. The predicted octanol–water partition coefficient (Wildman–Crippen LogP) is 3.84. The van der Waals surface area contributed by atoms with Gasteiger partial charge in [0.25, 0.3) is 0 Å². The van der Waals surface area contributed by atoms with Gasteiger partial charge < -0.3 is 19.7 Å². The Labute approximate surface area is 177 Å². The van der Waals surface area contributed by atoms with E-state index in [4.69, 9.17) is 9.47 Å². The normalized spacial score (nSPS) is 15.9. The lowest BCUT2D eigenvalue weighted by Gasteiger charge is -2.31. The quantitative estimate of drug-likeness (QED) is 0.816. The molecule has 0 unspecified atom stereocenters. The van der Waals surface area contributed by atoms with E-state index in [0.717, 1.165) is 6.42 Å². The average Bonchev–Trinajstić information content (AvgIpc) is 3.21. The van der Waals surface area contributed by atoms with Crippen LogP contribution in [0.5, 0.6) is 11.5 Å². The number of benzene rings is 2.